The van der Waals surface area contributed by atoms with Gasteiger partial charge in [-0.2, -0.15) is 8.78 Å². The molecule has 144 valence electrons. The van der Waals surface area contributed by atoms with E-state index in [2.05, 4.69) is 31.8 Å². The topological polar surface area (TPSA) is 82.5 Å². The number of hydrogen-bond acceptors (Lipinski definition) is 7. The Balaban J connectivity index is 1.41. The molecule has 3 heterocycles. The molecule has 0 spiro atoms. The first-order chi connectivity index (χ1) is 14.2. The fraction of sp³-hybridized carbons (Fsp3) is 0.105. The Labute approximate surface area is 166 Å². The van der Waals surface area contributed by atoms with Gasteiger partial charge in [0.05, 0.1) is 6.54 Å². The van der Waals surface area contributed by atoms with Crippen molar-refractivity contribution in [2.24, 2.45) is 0 Å². The Morgan fingerprint density at radius 3 is 2.62 bits per heavy atom. The Morgan fingerprint density at radius 1 is 1.00 bits per heavy atom. The summed E-state index contributed by atoms with van der Waals surface area (Å²) in [6, 6.07) is 15.3. The molecule has 0 atom stereocenters. The molecule has 0 N–H and O–H groups in total. The summed E-state index contributed by atoms with van der Waals surface area (Å²) in [6.07, 6.45) is -2.79. The molecule has 5 aromatic rings. The van der Waals surface area contributed by atoms with Gasteiger partial charge in [0, 0.05) is 26.6 Å². The summed E-state index contributed by atoms with van der Waals surface area (Å²) in [7, 11) is 0. The van der Waals surface area contributed by atoms with Crippen molar-refractivity contribution in [3.8, 4) is 22.8 Å². The van der Waals surface area contributed by atoms with E-state index in [1.807, 2.05) is 35.7 Å². The number of nitrogens with zero attached hydrogens (tertiary/aromatic N) is 6. The molecule has 0 unspecified atom stereocenters. The second kappa shape index (κ2) is 7.13. The summed E-state index contributed by atoms with van der Waals surface area (Å²) >= 11 is 1.65. The lowest BCUT2D eigenvalue weighted by molar-refractivity contribution is 0.116. The van der Waals surface area contributed by atoms with E-state index in [9.17, 15) is 8.78 Å². The molecule has 0 amide bonds. The molecule has 0 aliphatic carbocycles. The normalized spacial score (nSPS) is 11.6. The zero-order valence-corrected chi connectivity index (χ0v) is 15.6. The number of hydrogen-bond donors (Lipinski definition) is 0. The van der Waals surface area contributed by atoms with Gasteiger partial charge in [0.25, 0.3) is 5.89 Å². The molecular formula is C19H12F2N6OS. The molecule has 10 heteroatoms. The summed E-state index contributed by atoms with van der Waals surface area (Å²) in [5.41, 5.74) is 2.49. The highest BCUT2D eigenvalue weighted by Gasteiger charge is 2.17. The fourth-order valence-corrected chi connectivity index (χ4v) is 3.96. The number of aromatic nitrogens is 6. The summed E-state index contributed by atoms with van der Waals surface area (Å²) < 4.78 is 33.1. The van der Waals surface area contributed by atoms with Gasteiger partial charge in [0.2, 0.25) is 5.89 Å². The van der Waals surface area contributed by atoms with Crippen LogP contribution >= 0.6 is 11.3 Å². The van der Waals surface area contributed by atoms with E-state index in [1.165, 1.54) is 4.70 Å². The van der Waals surface area contributed by atoms with Crippen LogP contribution in [-0.4, -0.2) is 30.4 Å². The van der Waals surface area contributed by atoms with Crippen LogP contribution in [0.2, 0.25) is 0 Å². The smallest absolute Gasteiger partial charge is 0.314 e. The van der Waals surface area contributed by atoms with Gasteiger partial charge in [0.1, 0.15) is 0 Å². The molecule has 29 heavy (non-hydrogen) atoms. The molecule has 0 fully saturated rings. The summed E-state index contributed by atoms with van der Waals surface area (Å²) in [5.74, 6) is 0.0510. The van der Waals surface area contributed by atoms with Gasteiger partial charge < -0.3 is 4.42 Å². The van der Waals surface area contributed by atoms with Crippen LogP contribution in [0, 0.1) is 0 Å². The highest BCUT2D eigenvalue weighted by molar-refractivity contribution is 7.17. The number of thiophene rings is 1. The van der Waals surface area contributed by atoms with Gasteiger partial charge in [-0.15, -0.1) is 26.6 Å². The third kappa shape index (κ3) is 3.27. The van der Waals surface area contributed by atoms with Gasteiger partial charge in [-0.3, -0.25) is 0 Å². The minimum atomic E-state index is -2.79. The van der Waals surface area contributed by atoms with Gasteiger partial charge in [-0.25, -0.2) is 4.68 Å². The van der Waals surface area contributed by atoms with Crippen LogP contribution in [0.4, 0.5) is 8.78 Å². The lowest BCUT2D eigenvalue weighted by Crippen LogP contribution is -2.04. The highest BCUT2D eigenvalue weighted by Crippen LogP contribution is 2.32. The molecule has 2 aromatic carbocycles. The Hall–Kier alpha value is -3.53. The van der Waals surface area contributed by atoms with Crippen LogP contribution in [-0.2, 0) is 6.54 Å². The van der Waals surface area contributed by atoms with Crippen LogP contribution in [0.15, 0.2) is 58.3 Å². The number of alkyl halides is 2. The number of benzene rings is 2. The van der Waals surface area contributed by atoms with Crippen LogP contribution < -0.4 is 0 Å². The standard InChI is InChI=1S/C19H12F2N6OS/c20-16(21)19-24-23-18(28-19)12-7-5-11(6-8-12)9-27-17(22-25-26-27)14-10-29-15-4-2-1-3-13(14)15/h1-8,10,16H,9H2. The van der Waals surface area contributed by atoms with Crippen LogP contribution in [0.5, 0.6) is 0 Å². The Bertz CT molecular complexity index is 1280. The largest absolute Gasteiger partial charge is 0.415 e. The maximum Gasteiger partial charge on any atom is 0.314 e. The molecule has 0 saturated heterocycles. The van der Waals surface area contributed by atoms with E-state index in [-0.39, 0.29) is 5.89 Å². The molecule has 0 saturated carbocycles. The summed E-state index contributed by atoms with van der Waals surface area (Å²) in [6.45, 7) is 0.457. The summed E-state index contributed by atoms with van der Waals surface area (Å²) in [5, 5.41) is 22.3. The minimum Gasteiger partial charge on any atom is -0.415 e. The van der Waals surface area contributed by atoms with E-state index < -0.39 is 12.3 Å². The van der Waals surface area contributed by atoms with Crippen LogP contribution in [0.25, 0.3) is 32.9 Å². The lowest BCUT2D eigenvalue weighted by atomic mass is 10.1. The summed E-state index contributed by atoms with van der Waals surface area (Å²) in [4.78, 5) is 0. The molecule has 0 aliphatic heterocycles. The second-order valence-corrected chi connectivity index (χ2v) is 7.16. The quantitative estimate of drug-likeness (QED) is 0.421. The number of rotatable bonds is 5. The average molecular weight is 410 g/mol. The average Bonchev–Trinajstić information content (AvgIpc) is 3.48. The number of fused-ring (bicyclic) bond motifs is 1. The molecule has 0 bridgehead atoms. The molecule has 5 rings (SSSR count). The van der Waals surface area contributed by atoms with Crippen molar-refractivity contribution in [3.05, 3.63) is 65.4 Å². The zero-order chi connectivity index (χ0) is 19.8. The van der Waals surface area contributed by atoms with Crippen LogP contribution in [0.3, 0.4) is 0 Å². The maximum absolute atomic E-state index is 12.6. The lowest BCUT2D eigenvalue weighted by Gasteiger charge is -2.05. The van der Waals surface area contributed by atoms with Crippen molar-refractivity contribution in [2.45, 2.75) is 13.0 Å². The van der Waals surface area contributed by atoms with E-state index in [4.69, 9.17) is 4.42 Å². The monoisotopic (exact) mass is 410 g/mol. The molecule has 0 radical (unpaired) electrons. The molecule has 3 aromatic heterocycles. The SMILES string of the molecule is FC(F)c1nnc(-c2ccc(Cn3nnnc3-c3csc4ccccc34)cc2)o1. The van der Waals surface area contributed by atoms with Crippen LogP contribution in [0.1, 0.15) is 17.9 Å². The van der Waals surface area contributed by atoms with Crippen molar-refractivity contribution < 1.29 is 13.2 Å². The van der Waals surface area contributed by atoms with Gasteiger partial charge in [-0.1, -0.05) is 30.3 Å². The Kier molecular flexibility index (Phi) is 4.32. The van der Waals surface area contributed by atoms with Crippen molar-refractivity contribution in [1.29, 1.82) is 0 Å². The highest BCUT2D eigenvalue weighted by atomic mass is 32.1. The van der Waals surface area contributed by atoms with Crippen molar-refractivity contribution in [2.75, 3.05) is 0 Å². The van der Waals surface area contributed by atoms with Gasteiger partial charge >= 0.3 is 6.43 Å². The van der Waals surface area contributed by atoms with E-state index >= 15 is 0 Å². The minimum absolute atomic E-state index is 0.0553. The molecule has 7 nitrogen and oxygen atoms in total. The predicted octanol–water partition coefficient (Wildman–Crippen LogP) is 4.59. The van der Waals surface area contributed by atoms with E-state index in [0.29, 0.717) is 17.9 Å². The van der Waals surface area contributed by atoms with E-state index in [1.54, 1.807) is 28.2 Å². The fourth-order valence-electron chi connectivity index (χ4n) is 3.02. The first kappa shape index (κ1) is 17.6. The Morgan fingerprint density at radius 2 is 1.83 bits per heavy atom. The molecule has 0 aliphatic rings. The first-order valence-electron chi connectivity index (χ1n) is 8.62. The van der Waals surface area contributed by atoms with Gasteiger partial charge in [-0.05, 0) is 34.2 Å². The first-order valence-corrected chi connectivity index (χ1v) is 9.50. The van der Waals surface area contributed by atoms with Gasteiger partial charge in [0.15, 0.2) is 5.82 Å². The second-order valence-electron chi connectivity index (χ2n) is 6.25. The third-order valence-corrected chi connectivity index (χ3v) is 5.38. The molecular weight excluding hydrogens is 398 g/mol. The van der Waals surface area contributed by atoms with Crippen molar-refractivity contribution in [3.63, 3.8) is 0 Å². The number of halogens is 2. The maximum atomic E-state index is 12.6. The third-order valence-electron chi connectivity index (χ3n) is 4.41. The van der Waals surface area contributed by atoms with Crippen molar-refractivity contribution in [1.82, 2.24) is 30.4 Å². The number of tetrazole rings is 1. The zero-order valence-electron chi connectivity index (χ0n) is 14.7. The van der Waals surface area contributed by atoms with E-state index in [0.717, 1.165) is 16.5 Å². The van der Waals surface area contributed by atoms with Crippen molar-refractivity contribution >= 4 is 21.4 Å². The predicted molar refractivity (Wildman–Crippen MR) is 102 cm³/mol.